The molecule has 28 heavy (non-hydrogen) atoms. The van der Waals surface area contributed by atoms with Crippen molar-refractivity contribution < 1.29 is 9.21 Å². The van der Waals surface area contributed by atoms with Crippen molar-refractivity contribution in [2.24, 2.45) is 5.41 Å². The summed E-state index contributed by atoms with van der Waals surface area (Å²) in [6.07, 6.45) is 7.85. The minimum Gasteiger partial charge on any atom is -0.440 e. The van der Waals surface area contributed by atoms with Crippen molar-refractivity contribution in [2.75, 3.05) is 6.26 Å². The lowest BCUT2D eigenvalue weighted by atomic mass is 9.50. The van der Waals surface area contributed by atoms with E-state index in [1.165, 1.54) is 11.8 Å². The summed E-state index contributed by atoms with van der Waals surface area (Å²) in [5.41, 5.74) is 2.63. The predicted octanol–water partition coefficient (Wildman–Crippen LogP) is 5.05. The van der Waals surface area contributed by atoms with Crippen LogP contribution < -0.4 is 5.32 Å². The predicted molar refractivity (Wildman–Crippen MR) is 110 cm³/mol. The van der Waals surface area contributed by atoms with E-state index in [-0.39, 0.29) is 11.9 Å². The summed E-state index contributed by atoms with van der Waals surface area (Å²) in [7, 11) is 0. The molecule has 144 valence electrons. The first-order valence-corrected chi connectivity index (χ1v) is 11.0. The van der Waals surface area contributed by atoms with Gasteiger partial charge in [0.2, 0.25) is 0 Å². The zero-order valence-corrected chi connectivity index (χ0v) is 17.0. The van der Waals surface area contributed by atoms with E-state index < -0.39 is 0 Å². The van der Waals surface area contributed by atoms with Gasteiger partial charge in [-0.3, -0.25) is 4.79 Å². The zero-order valence-electron chi connectivity index (χ0n) is 15.4. The van der Waals surface area contributed by atoms with Crippen LogP contribution in [0.5, 0.6) is 0 Å². The van der Waals surface area contributed by atoms with Crippen molar-refractivity contribution in [1.82, 2.24) is 15.3 Å². The van der Waals surface area contributed by atoms with E-state index in [0.29, 0.717) is 21.9 Å². The number of pyridine rings is 1. The number of fused-ring (bicyclic) bond motifs is 1. The normalized spacial score (nSPS) is 26.1. The number of aromatic nitrogens is 2. The molecule has 1 spiro atoms. The number of benzene rings is 1. The van der Waals surface area contributed by atoms with Gasteiger partial charge in [-0.25, -0.2) is 9.97 Å². The third-order valence-corrected chi connectivity index (χ3v) is 6.85. The Kier molecular flexibility index (Phi) is 4.36. The molecule has 1 N–H and O–H groups in total. The number of hydrogen-bond acceptors (Lipinski definition) is 5. The molecule has 5 nitrogen and oxygen atoms in total. The molecule has 3 aromatic rings. The highest BCUT2D eigenvalue weighted by Gasteiger charge is 2.54. The highest BCUT2D eigenvalue weighted by atomic mass is 35.5. The molecular formula is C21H20ClN3O2S. The van der Waals surface area contributed by atoms with Crippen LogP contribution in [0.3, 0.4) is 0 Å². The second kappa shape index (κ2) is 6.78. The van der Waals surface area contributed by atoms with Gasteiger partial charge in [0.05, 0.1) is 5.03 Å². The molecule has 0 bridgehead atoms. The summed E-state index contributed by atoms with van der Waals surface area (Å²) in [4.78, 5) is 21.3. The Labute approximate surface area is 172 Å². The summed E-state index contributed by atoms with van der Waals surface area (Å²) in [6.45, 7) is 0. The molecule has 2 aliphatic carbocycles. The number of thioether (sulfide) groups is 1. The van der Waals surface area contributed by atoms with Crippen LogP contribution in [0.15, 0.2) is 46.0 Å². The van der Waals surface area contributed by atoms with E-state index in [4.69, 9.17) is 16.0 Å². The van der Waals surface area contributed by atoms with Crippen LogP contribution in [0.4, 0.5) is 0 Å². The number of hydrogen-bond donors (Lipinski definition) is 1. The van der Waals surface area contributed by atoms with E-state index in [1.807, 2.05) is 30.5 Å². The van der Waals surface area contributed by atoms with Crippen LogP contribution in [0.1, 0.15) is 47.8 Å². The van der Waals surface area contributed by atoms with Crippen molar-refractivity contribution in [3.05, 3.63) is 53.0 Å². The fourth-order valence-electron chi connectivity index (χ4n) is 4.61. The number of rotatable bonds is 4. The molecule has 2 saturated carbocycles. The Morgan fingerprint density at radius 2 is 2.07 bits per heavy atom. The number of amides is 1. The maximum atomic E-state index is 12.5. The van der Waals surface area contributed by atoms with Crippen LogP contribution >= 0.6 is 23.4 Å². The molecular weight excluding hydrogens is 394 g/mol. The second-order valence-corrected chi connectivity index (χ2v) is 9.20. The van der Waals surface area contributed by atoms with Gasteiger partial charge in [-0.1, -0.05) is 11.6 Å². The number of nitrogens with one attached hydrogen (secondary N) is 1. The van der Waals surface area contributed by atoms with Gasteiger partial charge in [0, 0.05) is 28.7 Å². The fourth-order valence-corrected chi connectivity index (χ4v) is 5.18. The minimum absolute atomic E-state index is 0.00995. The average molecular weight is 414 g/mol. The lowest BCUT2D eigenvalue weighted by Gasteiger charge is -2.57. The SMILES string of the molecule is CSc1cc(C(=O)NC2CC3(C2)CC(c2nc4cc(Cl)ccc4o2)C3)ccn1. The van der Waals surface area contributed by atoms with Gasteiger partial charge in [-0.2, -0.15) is 0 Å². The quantitative estimate of drug-likeness (QED) is 0.606. The first-order valence-electron chi connectivity index (χ1n) is 9.40. The summed E-state index contributed by atoms with van der Waals surface area (Å²) in [6, 6.07) is 9.40. The summed E-state index contributed by atoms with van der Waals surface area (Å²) in [5, 5.41) is 4.70. The molecule has 0 atom stereocenters. The standard InChI is InChI=1S/C21H20ClN3O2S/c1-28-18-6-12(4-5-23-18)19(26)24-15-10-21(11-15)8-13(9-21)20-25-16-7-14(22)2-3-17(16)27-20/h2-7,13,15H,8-11H2,1H3,(H,24,26). The Balaban J connectivity index is 1.17. The van der Waals surface area contributed by atoms with Crippen LogP contribution in [0.2, 0.25) is 5.02 Å². The van der Waals surface area contributed by atoms with E-state index in [9.17, 15) is 4.79 Å². The molecule has 0 aliphatic heterocycles. The lowest BCUT2D eigenvalue weighted by molar-refractivity contribution is -0.0253. The van der Waals surface area contributed by atoms with Crippen LogP contribution in [0, 0.1) is 5.41 Å². The Morgan fingerprint density at radius 3 is 2.86 bits per heavy atom. The maximum Gasteiger partial charge on any atom is 0.251 e. The van der Waals surface area contributed by atoms with Gasteiger partial charge in [-0.05, 0) is 67.7 Å². The Bertz CT molecular complexity index is 1050. The lowest BCUT2D eigenvalue weighted by Crippen LogP contribution is -2.55. The highest BCUT2D eigenvalue weighted by molar-refractivity contribution is 7.98. The van der Waals surface area contributed by atoms with Gasteiger partial charge < -0.3 is 9.73 Å². The molecule has 1 aromatic carbocycles. The molecule has 7 heteroatoms. The van der Waals surface area contributed by atoms with Crippen molar-refractivity contribution in [2.45, 2.75) is 42.7 Å². The fraction of sp³-hybridized carbons (Fsp3) is 0.381. The summed E-state index contributed by atoms with van der Waals surface area (Å²) >= 11 is 7.57. The molecule has 2 heterocycles. The van der Waals surface area contributed by atoms with E-state index in [1.54, 1.807) is 12.3 Å². The van der Waals surface area contributed by atoms with E-state index >= 15 is 0 Å². The highest BCUT2D eigenvalue weighted by Crippen LogP contribution is 2.61. The number of halogens is 1. The molecule has 0 saturated heterocycles. The molecule has 2 aliphatic rings. The van der Waals surface area contributed by atoms with Crippen molar-refractivity contribution in [1.29, 1.82) is 0 Å². The molecule has 1 amide bonds. The molecule has 5 rings (SSSR count). The molecule has 2 fully saturated rings. The topological polar surface area (TPSA) is 68.0 Å². The molecule has 0 radical (unpaired) electrons. The van der Waals surface area contributed by atoms with Gasteiger partial charge in [-0.15, -0.1) is 11.8 Å². The third-order valence-electron chi connectivity index (χ3n) is 5.97. The summed E-state index contributed by atoms with van der Waals surface area (Å²) in [5.74, 6) is 1.17. The van der Waals surface area contributed by atoms with Gasteiger partial charge in [0.1, 0.15) is 5.52 Å². The van der Waals surface area contributed by atoms with Crippen LogP contribution in [-0.4, -0.2) is 28.2 Å². The minimum atomic E-state index is -0.00995. The molecule has 2 aromatic heterocycles. The number of nitrogens with zero attached hydrogens (tertiary/aromatic N) is 2. The second-order valence-electron chi connectivity index (χ2n) is 7.93. The van der Waals surface area contributed by atoms with Crippen molar-refractivity contribution >= 4 is 40.4 Å². The van der Waals surface area contributed by atoms with Crippen LogP contribution in [0.25, 0.3) is 11.1 Å². The maximum absolute atomic E-state index is 12.5. The molecule has 0 unspecified atom stereocenters. The Hall–Kier alpha value is -2.05. The smallest absolute Gasteiger partial charge is 0.251 e. The van der Waals surface area contributed by atoms with Gasteiger partial charge in [0.25, 0.3) is 5.91 Å². The van der Waals surface area contributed by atoms with E-state index in [0.717, 1.165) is 47.7 Å². The Morgan fingerprint density at radius 1 is 1.25 bits per heavy atom. The average Bonchev–Trinajstić information content (AvgIpc) is 3.04. The largest absolute Gasteiger partial charge is 0.440 e. The van der Waals surface area contributed by atoms with Crippen LogP contribution in [-0.2, 0) is 0 Å². The van der Waals surface area contributed by atoms with Crippen molar-refractivity contribution in [3.8, 4) is 0 Å². The first kappa shape index (κ1) is 18.0. The number of carbonyl (C=O) groups excluding carboxylic acids is 1. The third kappa shape index (κ3) is 3.18. The summed E-state index contributed by atoms with van der Waals surface area (Å²) < 4.78 is 5.91. The number of oxazole rings is 1. The zero-order chi connectivity index (χ0) is 19.3. The first-order chi connectivity index (χ1) is 13.5. The van der Waals surface area contributed by atoms with Gasteiger partial charge in [0.15, 0.2) is 11.5 Å². The van der Waals surface area contributed by atoms with Gasteiger partial charge >= 0.3 is 0 Å². The van der Waals surface area contributed by atoms with Crippen molar-refractivity contribution in [3.63, 3.8) is 0 Å². The monoisotopic (exact) mass is 413 g/mol. The van der Waals surface area contributed by atoms with E-state index in [2.05, 4.69) is 15.3 Å². The number of carbonyl (C=O) groups is 1.